The molecule has 9 atom stereocenters. The summed E-state index contributed by atoms with van der Waals surface area (Å²) in [6.07, 6.45) is 4.79. The van der Waals surface area contributed by atoms with Crippen molar-refractivity contribution in [2.45, 2.75) is 90.1 Å². The van der Waals surface area contributed by atoms with E-state index in [1.54, 1.807) is 35.2 Å². The molecule has 49 heavy (non-hydrogen) atoms. The van der Waals surface area contributed by atoms with Crippen LogP contribution in [0, 0.1) is 34.0 Å². The number of fused-ring (bicyclic) bond motifs is 2. The summed E-state index contributed by atoms with van der Waals surface area (Å²) >= 11 is 7.10. The lowest BCUT2D eigenvalue weighted by atomic mass is 9.37. The molecule has 2 amide bonds. The number of imide groups is 1. The molecule has 4 bridgehead atoms. The molecular formula is C36H41ClN4O7S. The molecule has 9 rings (SSSR count). The lowest BCUT2D eigenvalue weighted by Crippen LogP contribution is -2.78. The first-order valence-corrected chi connectivity index (χ1v) is 18.3. The number of nitrogens with zero attached hydrogens (tertiary/aromatic N) is 4. The van der Waals surface area contributed by atoms with E-state index in [0.717, 1.165) is 35.9 Å². The predicted molar refractivity (Wildman–Crippen MR) is 181 cm³/mol. The van der Waals surface area contributed by atoms with E-state index >= 15 is 0 Å². The van der Waals surface area contributed by atoms with Crippen LogP contribution in [0.1, 0.15) is 63.6 Å². The Bertz CT molecular complexity index is 1780. The van der Waals surface area contributed by atoms with Crippen LogP contribution in [0.4, 0.5) is 4.79 Å². The smallest absolute Gasteiger partial charge is 0.293 e. The zero-order valence-electron chi connectivity index (χ0n) is 27.6. The van der Waals surface area contributed by atoms with Gasteiger partial charge in [-0.3, -0.25) is 24.0 Å². The van der Waals surface area contributed by atoms with Gasteiger partial charge >= 0.3 is 0 Å². The number of hydrogen-bond donors (Lipinski definition) is 2. The number of benzene rings is 1. The van der Waals surface area contributed by atoms with Crippen molar-refractivity contribution < 1.29 is 34.1 Å². The SMILES string of the molecule is C=C1C(=O)[C@]23[C@H](O)[C@H]1C[C@H](O)[C@H]2[C@]12CCCC(C)(C)[C@H]1C[C@H]3O[C@@H]2OCCCn1cc(CN2C(=O)S/C(=C\c3ccccc3Cl)C2=O)nn1. The number of aromatic nitrogens is 3. The molecule has 1 aromatic heterocycles. The zero-order chi connectivity index (χ0) is 34.5. The number of carbonyl (C=O) groups is 3. The minimum Gasteiger partial charge on any atom is -0.393 e. The summed E-state index contributed by atoms with van der Waals surface area (Å²) in [5.74, 6) is -1.28. The molecular weight excluding hydrogens is 668 g/mol. The van der Waals surface area contributed by atoms with E-state index in [2.05, 4.69) is 30.7 Å². The second-order valence-electron chi connectivity index (χ2n) is 15.3. The highest BCUT2D eigenvalue weighted by atomic mass is 35.5. The van der Waals surface area contributed by atoms with Gasteiger partial charge in [-0.1, -0.05) is 61.9 Å². The maximum atomic E-state index is 13.9. The number of carbonyl (C=O) groups excluding carboxylic acids is 3. The van der Waals surface area contributed by atoms with Gasteiger partial charge in [0.05, 0.1) is 48.0 Å². The van der Waals surface area contributed by atoms with Crippen molar-refractivity contribution in [1.29, 1.82) is 0 Å². The van der Waals surface area contributed by atoms with Crippen molar-refractivity contribution in [3.8, 4) is 0 Å². The molecule has 3 saturated heterocycles. The summed E-state index contributed by atoms with van der Waals surface area (Å²) in [6, 6.07) is 7.12. The average Bonchev–Trinajstić information content (AvgIpc) is 3.66. The molecule has 260 valence electrons. The third kappa shape index (κ3) is 4.81. The standard InChI is InChI=1S/C36H41ClN4O7S/c1-19-22-15-24(42)28-35-11-6-10-34(2,3)26(35)16-27(36(28,29(19)43)30(22)44)48-32(35)47-13-7-12-40-17-21(38-39-40)18-41-31(45)25(49-33(41)46)14-20-8-4-5-9-23(20)37/h4-5,8-9,14,17,22,24,26-28,30,32,42,44H,1,6-7,10-13,15-16,18H2,2-3H3/b25-14-/t22-,24-,26+,27+,28-,30+,32-,35-,36+/m0/s1. The van der Waals surface area contributed by atoms with E-state index in [-0.39, 0.29) is 28.9 Å². The second-order valence-corrected chi connectivity index (χ2v) is 16.7. The monoisotopic (exact) mass is 708 g/mol. The molecule has 2 N–H and O–H groups in total. The Morgan fingerprint density at radius 1 is 1.18 bits per heavy atom. The number of hydrogen-bond acceptors (Lipinski definition) is 10. The second kappa shape index (κ2) is 11.8. The van der Waals surface area contributed by atoms with Crippen LogP contribution in [0.3, 0.4) is 0 Å². The zero-order valence-corrected chi connectivity index (χ0v) is 29.2. The highest BCUT2D eigenvalue weighted by molar-refractivity contribution is 8.18. The lowest BCUT2D eigenvalue weighted by Gasteiger charge is -2.72. The van der Waals surface area contributed by atoms with Crippen molar-refractivity contribution in [3.05, 3.63) is 63.8 Å². The van der Waals surface area contributed by atoms with E-state index in [4.69, 9.17) is 21.1 Å². The Balaban J connectivity index is 0.942. The van der Waals surface area contributed by atoms with Crippen LogP contribution in [-0.4, -0.2) is 78.2 Å². The van der Waals surface area contributed by atoms with Crippen molar-refractivity contribution in [3.63, 3.8) is 0 Å². The summed E-state index contributed by atoms with van der Waals surface area (Å²) in [5, 5.41) is 31.9. The van der Waals surface area contributed by atoms with E-state index in [0.29, 0.717) is 59.2 Å². The first kappa shape index (κ1) is 33.3. The number of ketones is 1. The number of rotatable bonds is 8. The van der Waals surface area contributed by atoms with Crippen LogP contribution in [0.5, 0.6) is 0 Å². The summed E-state index contributed by atoms with van der Waals surface area (Å²) in [6.45, 7) is 9.44. The first-order valence-electron chi connectivity index (χ1n) is 17.1. The third-order valence-corrected chi connectivity index (χ3v) is 13.7. The fraction of sp³-hybridized carbons (Fsp3) is 0.583. The van der Waals surface area contributed by atoms with Gasteiger partial charge < -0.3 is 19.7 Å². The van der Waals surface area contributed by atoms with Gasteiger partial charge in [-0.05, 0) is 78.5 Å². The fourth-order valence-corrected chi connectivity index (χ4v) is 11.6. The highest BCUT2D eigenvalue weighted by Gasteiger charge is 2.81. The van der Waals surface area contributed by atoms with Crippen LogP contribution in [0.15, 0.2) is 47.5 Å². The van der Waals surface area contributed by atoms with Crippen molar-refractivity contribution >= 4 is 46.4 Å². The summed E-state index contributed by atoms with van der Waals surface area (Å²) in [7, 11) is 0. The Morgan fingerprint density at radius 3 is 2.78 bits per heavy atom. The van der Waals surface area contributed by atoms with E-state index in [9.17, 15) is 24.6 Å². The van der Waals surface area contributed by atoms with E-state index in [1.807, 2.05) is 6.07 Å². The number of aryl methyl sites for hydroxylation is 1. The summed E-state index contributed by atoms with van der Waals surface area (Å²) in [4.78, 5) is 41.1. The number of amides is 2. The maximum Gasteiger partial charge on any atom is 0.293 e. The number of aliphatic hydroxyl groups is 2. The molecule has 2 aromatic rings. The Morgan fingerprint density at radius 2 is 1.98 bits per heavy atom. The lowest BCUT2D eigenvalue weighted by molar-refractivity contribution is -0.402. The Kier molecular flexibility index (Phi) is 8.05. The Labute approximate surface area is 294 Å². The normalized spacial score (nSPS) is 38.4. The van der Waals surface area contributed by atoms with Gasteiger partial charge in [0.1, 0.15) is 5.69 Å². The third-order valence-electron chi connectivity index (χ3n) is 12.5. The number of Topliss-reactive ketones (excluding diaryl/α,β-unsaturated/α-hetero) is 1. The van der Waals surface area contributed by atoms with Crippen molar-refractivity contribution in [2.75, 3.05) is 6.61 Å². The molecule has 13 heteroatoms. The molecule has 7 aliphatic rings. The molecule has 1 aromatic carbocycles. The quantitative estimate of drug-likeness (QED) is 0.284. The van der Waals surface area contributed by atoms with Crippen LogP contribution in [0.25, 0.3) is 6.08 Å². The number of halogens is 1. The maximum absolute atomic E-state index is 13.9. The van der Waals surface area contributed by atoms with E-state index < -0.39 is 53.2 Å². The van der Waals surface area contributed by atoms with Crippen LogP contribution in [0.2, 0.25) is 5.02 Å². The van der Waals surface area contributed by atoms with Gasteiger partial charge in [-0.15, -0.1) is 5.10 Å². The van der Waals surface area contributed by atoms with Gasteiger partial charge in [-0.2, -0.15) is 0 Å². The Hall–Kier alpha value is -2.87. The molecule has 4 aliphatic carbocycles. The summed E-state index contributed by atoms with van der Waals surface area (Å²) in [5.41, 5.74) is -0.268. The largest absolute Gasteiger partial charge is 0.393 e. The van der Waals surface area contributed by atoms with Gasteiger partial charge in [0, 0.05) is 28.8 Å². The average molecular weight is 709 g/mol. The molecule has 3 aliphatic heterocycles. The van der Waals surface area contributed by atoms with Crippen molar-refractivity contribution in [1.82, 2.24) is 19.9 Å². The highest BCUT2D eigenvalue weighted by Crippen LogP contribution is 2.75. The van der Waals surface area contributed by atoms with Crippen LogP contribution in [-0.2, 0) is 32.2 Å². The number of aliphatic hydroxyl groups excluding tert-OH is 2. The minimum atomic E-state index is -1.18. The van der Waals surface area contributed by atoms with Gasteiger partial charge in [0.25, 0.3) is 11.1 Å². The molecule has 0 unspecified atom stereocenters. The molecule has 4 saturated carbocycles. The van der Waals surface area contributed by atoms with Gasteiger partial charge in [0.2, 0.25) is 0 Å². The molecule has 7 fully saturated rings. The topological polar surface area (TPSA) is 144 Å². The summed E-state index contributed by atoms with van der Waals surface area (Å²) < 4.78 is 14.9. The molecule has 2 spiro atoms. The first-order chi connectivity index (χ1) is 23.4. The van der Waals surface area contributed by atoms with Crippen LogP contribution >= 0.6 is 23.4 Å². The molecule has 4 heterocycles. The number of ether oxygens (including phenoxy) is 2. The van der Waals surface area contributed by atoms with Crippen LogP contribution < -0.4 is 0 Å². The van der Waals surface area contributed by atoms with Crippen molar-refractivity contribution in [2.24, 2.45) is 34.0 Å². The fourth-order valence-electron chi connectivity index (χ4n) is 10.5. The minimum absolute atomic E-state index is 0.00133. The molecule has 11 nitrogen and oxygen atoms in total. The molecule has 0 radical (unpaired) electrons. The van der Waals surface area contributed by atoms with Gasteiger partial charge in [0.15, 0.2) is 12.1 Å². The van der Waals surface area contributed by atoms with Gasteiger partial charge in [-0.25, -0.2) is 0 Å². The predicted octanol–water partition coefficient (Wildman–Crippen LogP) is 5.00. The van der Waals surface area contributed by atoms with E-state index in [1.165, 1.54) is 0 Å². The number of thioether (sulfide) groups is 1.